The first-order chi connectivity index (χ1) is 39.9. The van der Waals surface area contributed by atoms with Gasteiger partial charge in [-0.15, -0.1) is 0 Å². The molecule has 0 radical (unpaired) electrons. The first-order valence-corrected chi connectivity index (χ1v) is 29.7. The van der Waals surface area contributed by atoms with Gasteiger partial charge in [0, 0.05) is 73.7 Å². The standard InChI is InChI=1S/C60H80N2O22/c1-12-60(70)22-39(79-40-16-30(61(8)9)53(25(4)71-40)80-42-20-35-55(27(6)73-42)83-58-37(77-35)18-33(64)23(2)75-58)45-48(52(69)46-47(51(45)68)50(67)44-29(49(46)66)14-13-15-32(44)63)57(60)82-41-17-31(62(10)11)54(26(5)72-41)81-43-21-36-56(28(7)74-43)84-59-38(78-36)19-34(65)24(3)76-59/h13-15,23-28,30-31,35-43,53-59,63,68-70H,12,16-22H2,1-11H3/t23-,24+,25-,26+,27?,28?,30-,31+,35-,36?,37-,38+,39+,40-,41+,42-,43+,53+,54-,55+,56-,57-,58-,59+,60-/m1/s1. The van der Waals surface area contributed by atoms with Crippen LogP contribution in [0.5, 0.6) is 17.2 Å². The summed E-state index contributed by atoms with van der Waals surface area (Å²) >= 11 is 0. The lowest BCUT2D eigenvalue weighted by Gasteiger charge is -2.51. The summed E-state index contributed by atoms with van der Waals surface area (Å²) in [7, 11) is 7.57. The van der Waals surface area contributed by atoms with E-state index in [1.807, 2.05) is 65.7 Å². The number of aliphatic hydroxyl groups is 1. The zero-order valence-corrected chi connectivity index (χ0v) is 49.3. The monoisotopic (exact) mass is 1180 g/mol. The van der Waals surface area contributed by atoms with Gasteiger partial charge < -0.3 is 96.5 Å². The smallest absolute Gasteiger partial charge is 0.202 e. The average molecular weight is 1180 g/mol. The fraction of sp³-hybridized carbons (Fsp3) is 0.733. The number of hydrogen-bond donors (Lipinski definition) is 4. The van der Waals surface area contributed by atoms with Gasteiger partial charge in [0.25, 0.3) is 0 Å². The highest BCUT2D eigenvalue weighted by molar-refractivity contribution is 6.31. The number of ketones is 4. The topological polar surface area (TPSA) is 285 Å². The highest BCUT2D eigenvalue weighted by Crippen LogP contribution is 2.58. The van der Waals surface area contributed by atoms with Crippen molar-refractivity contribution in [1.82, 2.24) is 9.80 Å². The molecular weight excluding hydrogens is 1100 g/mol. The molecule has 24 heteroatoms. The van der Waals surface area contributed by atoms with Gasteiger partial charge in [0.1, 0.15) is 72.2 Å². The number of carbonyl (C=O) groups is 4. The number of phenolic OH excluding ortho intramolecular Hbond substituents is 3. The van der Waals surface area contributed by atoms with Crippen molar-refractivity contribution in [2.45, 2.75) is 253 Å². The van der Waals surface area contributed by atoms with E-state index in [2.05, 4.69) is 0 Å². The molecule has 10 aliphatic rings. The Morgan fingerprint density at radius 2 is 1.00 bits per heavy atom. The van der Waals surface area contributed by atoms with E-state index in [1.165, 1.54) is 18.2 Å². The number of phenols is 3. The molecule has 2 aliphatic carbocycles. The maximum atomic E-state index is 14.6. The SMILES string of the molecule is CC[C@@]1(O)C[C@H](O[C@@H]2C[C@@H](N(C)C)[C@@H](O[C@@H]3C[C@H]4O[C@@H]5CC(=O)[C@@H](C)O[C@@H]5O[C@H]4C(C)O3)[C@@H](C)O2)c2c(O)c3c(c(O)c2[C@H]1O[C@H]1C[C@H](N(C)C)[C@H](O[C@H]2CC4O[C@H]5CC(=O)[C@H](C)O[C@H]5O[C@@H]4C(C)O2)[C@H](C)O1)C(=O)c1cccc(O)c1C3=O. The lowest BCUT2D eigenvalue weighted by atomic mass is 9.70. The van der Waals surface area contributed by atoms with Crippen molar-refractivity contribution in [3.8, 4) is 17.2 Å². The van der Waals surface area contributed by atoms with Gasteiger partial charge in [-0.25, -0.2) is 0 Å². The Morgan fingerprint density at radius 1 is 0.536 bits per heavy atom. The molecule has 8 fully saturated rings. The van der Waals surface area contributed by atoms with Crippen LogP contribution in [-0.4, -0.2) is 222 Å². The van der Waals surface area contributed by atoms with Crippen LogP contribution in [0.3, 0.4) is 0 Å². The maximum Gasteiger partial charge on any atom is 0.202 e. The van der Waals surface area contributed by atoms with Gasteiger partial charge in [-0.3, -0.25) is 19.2 Å². The van der Waals surface area contributed by atoms with Crippen molar-refractivity contribution in [3.63, 3.8) is 0 Å². The molecule has 3 unspecified atom stereocenters. The minimum atomic E-state index is -1.89. The summed E-state index contributed by atoms with van der Waals surface area (Å²) in [5.74, 6) is -3.77. The Labute approximate surface area is 487 Å². The molecule has 12 rings (SSSR count). The molecule has 0 aromatic heterocycles. The predicted octanol–water partition coefficient (Wildman–Crippen LogP) is 4.12. The maximum absolute atomic E-state index is 14.6. The summed E-state index contributed by atoms with van der Waals surface area (Å²) in [5, 5.41) is 49.5. The highest BCUT2D eigenvalue weighted by Gasteiger charge is 2.57. The normalized spacial score (nSPS) is 43.9. The van der Waals surface area contributed by atoms with Crippen LogP contribution < -0.4 is 0 Å². The van der Waals surface area contributed by atoms with E-state index in [0.717, 1.165) is 0 Å². The lowest BCUT2D eigenvalue weighted by molar-refractivity contribution is -0.372. The van der Waals surface area contributed by atoms with Gasteiger partial charge in [-0.1, -0.05) is 19.1 Å². The number of benzene rings is 2. The second-order valence-corrected chi connectivity index (χ2v) is 25.0. The molecule has 24 nitrogen and oxygen atoms in total. The number of hydrogen-bond acceptors (Lipinski definition) is 24. The zero-order valence-electron chi connectivity index (χ0n) is 49.3. The van der Waals surface area contributed by atoms with E-state index < -0.39 is 187 Å². The molecule has 84 heavy (non-hydrogen) atoms. The van der Waals surface area contributed by atoms with Crippen LogP contribution in [-0.2, 0) is 75.9 Å². The third kappa shape index (κ3) is 10.6. The van der Waals surface area contributed by atoms with Crippen LogP contribution in [0.1, 0.15) is 155 Å². The summed E-state index contributed by atoms with van der Waals surface area (Å²) in [6, 6.07) is 3.24. The molecule has 0 saturated carbocycles. The molecule has 8 heterocycles. The summed E-state index contributed by atoms with van der Waals surface area (Å²) in [6.45, 7) is 12.6. The fourth-order valence-electron chi connectivity index (χ4n) is 14.5. The molecule has 0 amide bonds. The number of Topliss-reactive ketones (excluding diaryl/α,β-unsaturated/α-hetero) is 2. The van der Waals surface area contributed by atoms with Crippen molar-refractivity contribution in [1.29, 1.82) is 0 Å². The molecule has 8 aliphatic heterocycles. The van der Waals surface area contributed by atoms with Crippen molar-refractivity contribution < 1.29 is 106 Å². The van der Waals surface area contributed by atoms with Gasteiger partial charge in [-0.05, 0) is 82.2 Å². The zero-order chi connectivity index (χ0) is 59.7. The lowest BCUT2D eigenvalue weighted by Crippen LogP contribution is -2.62. The Hall–Kier alpha value is -4.16. The summed E-state index contributed by atoms with van der Waals surface area (Å²) in [6.07, 6.45) is -14.3. The van der Waals surface area contributed by atoms with Gasteiger partial charge in [0.2, 0.25) is 5.78 Å². The van der Waals surface area contributed by atoms with E-state index >= 15 is 0 Å². The molecule has 2 aromatic rings. The summed E-state index contributed by atoms with van der Waals surface area (Å²) < 4.78 is 90.6. The predicted molar refractivity (Wildman–Crippen MR) is 288 cm³/mol. The highest BCUT2D eigenvalue weighted by atomic mass is 16.8. The number of likely N-dealkylation sites (N-methyl/N-ethyl adjacent to an activating group) is 2. The second kappa shape index (κ2) is 23.1. The number of nitrogens with zero attached hydrogens (tertiary/aromatic N) is 2. The van der Waals surface area contributed by atoms with Crippen LogP contribution in [0.4, 0.5) is 0 Å². The quantitative estimate of drug-likeness (QED) is 0.196. The Kier molecular flexibility index (Phi) is 16.5. The first-order valence-electron chi connectivity index (χ1n) is 29.7. The van der Waals surface area contributed by atoms with Crippen LogP contribution in [0.2, 0.25) is 0 Å². The molecule has 25 atom stereocenters. The number of rotatable bonds is 11. The van der Waals surface area contributed by atoms with Crippen LogP contribution in [0.15, 0.2) is 18.2 Å². The van der Waals surface area contributed by atoms with Crippen LogP contribution in [0.25, 0.3) is 0 Å². The largest absolute Gasteiger partial charge is 0.507 e. The molecule has 462 valence electrons. The van der Waals surface area contributed by atoms with E-state index in [-0.39, 0.29) is 78.4 Å². The number of ether oxygens (including phenoxy) is 14. The van der Waals surface area contributed by atoms with E-state index in [0.29, 0.717) is 12.8 Å². The minimum absolute atomic E-state index is 0.00740. The van der Waals surface area contributed by atoms with Crippen molar-refractivity contribution in [2.75, 3.05) is 28.2 Å². The fourth-order valence-corrected chi connectivity index (χ4v) is 14.5. The average Bonchev–Trinajstić information content (AvgIpc) is 1.13. The molecule has 0 spiro atoms. The van der Waals surface area contributed by atoms with E-state index in [4.69, 9.17) is 66.3 Å². The summed E-state index contributed by atoms with van der Waals surface area (Å²) in [5.41, 5.74) is -3.78. The third-order valence-electron chi connectivity index (χ3n) is 19.1. The number of fused-ring (bicyclic) bond motifs is 7. The molecule has 4 N–H and O–H groups in total. The molecule has 8 saturated heterocycles. The Bertz CT molecular complexity index is 2870. The van der Waals surface area contributed by atoms with Gasteiger partial charge >= 0.3 is 0 Å². The molecule has 2 aromatic carbocycles. The van der Waals surface area contributed by atoms with Crippen molar-refractivity contribution in [2.24, 2.45) is 0 Å². The van der Waals surface area contributed by atoms with Crippen LogP contribution in [0, 0.1) is 0 Å². The van der Waals surface area contributed by atoms with E-state index in [1.54, 1.807) is 20.8 Å². The summed E-state index contributed by atoms with van der Waals surface area (Å²) in [4.78, 5) is 58.2. The van der Waals surface area contributed by atoms with Gasteiger partial charge in [-0.2, -0.15) is 0 Å². The molecule has 0 bridgehead atoms. The third-order valence-corrected chi connectivity index (χ3v) is 19.1. The molecular formula is C60H80N2O22. The first kappa shape index (κ1) is 60.1. The van der Waals surface area contributed by atoms with Gasteiger partial charge in [0.15, 0.2) is 55.1 Å². The van der Waals surface area contributed by atoms with E-state index in [9.17, 15) is 39.6 Å². The minimum Gasteiger partial charge on any atom is -0.507 e. The number of carbonyl (C=O) groups excluding carboxylic acids is 4. The second-order valence-electron chi connectivity index (χ2n) is 25.0. The number of aromatic hydroxyl groups is 3. The van der Waals surface area contributed by atoms with Crippen molar-refractivity contribution in [3.05, 3.63) is 51.6 Å². The van der Waals surface area contributed by atoms with Crippen molar-refractivity contribution >= 4 is 23.1 Å². The van der Waals surface area contributed by atoms with Gasteiger partial charge in [0.05, 0.1) is 65.0 Å². The Morgan fingerprint density at radius 3 is 1.50 bits per heavy atom. The van der Waals surface area contributed by atoms with Crippen LogP contribution >= 0.6 is 0 Å². The Balaban J connectivity index is 0.806.